The Bertz CT molecular complexity index is 337. The monoisotopic (exact) mass is 235 g/mol. The van der Waals surface area contributed by atoms with Crippen LogP contribution in [0.1, 0.15) is 57.7 Å². The average Bonchev–Trinajstić information content (AvgIpc) is 2.76. The predicted molar refractivity (Wildman–Crippen MR) is 70.8 cm³/mol. The first-order valence-electron chi connectivity index (χ1n) is 6.94. The molecule has 96 valence electrons. The van der Waals surface area contributed by atoms with Crippen LogP contribution in [-0.2, 0) is 7.05 Å². The molecule has 17 heavy (non-hydrogen) atoms. The maximum Gasteiger partial charge on any atom is 0.0547 e. The summed E-state index contributed by atoms with van der Waals surface area (Å²) < 4.78 is 1.97. The highest BCUT2D eigenvalue weighted by Crippen LogP contribution is 2.27. The van der Waals surface area contributed by atoms with Crippen LogP contribution in [-0.4, -0.2) is 15.8 Å². The number of nitrogens with one attached hydrogen (secondary N) is 1. The molecule has 0 spiro atoms. The number of hydrogen-bond acceptors (Lipinski definition) is 2. The Morgan fingerprint density at radius 3 is 2.65 bits per heavy atom. The maximum atomic E-state index is 4.23. The summed E-state index contributed by atoms with van der Waals surface area (Å²) in [5, 5.41) is 7.98. The fourth-order valence-corrected chi connectivity index (χ4v) is 2.99. The molecule has 0 saturated heterocycles. The Balaban J connectivity index is 1.84. The van der Waals surface area contributed by atoms with Gasteiger partial charge in [0.25, 0.3) is 0 Å². The lowest BCUT2D eigenvalue weighted by Gasteiger charge is -2.30. The van der Waals surface area contributed by atoms with Gasteiger partial charge in [0.15, 0.2) is 0 Å². The molecule has 3 nitrogen and oxygen atoms in total. The van der Waals surface area contributed by atoms with Crippen LogP contribution < -0.4 is 5.32 Å². The molecule has 3 heteroatoms. The van der Waals surface area contributed by atoms with E-state index in [0.29, 0.717) is 12.1 Å². The summed E-state index contributed by atoms with van der Waals surface area (Å²) in [4.78, 5) is 0. The highest BCUT2D eigenvalue weighted by Gasteiger charge is 2.22. The fraction of sp³-hybridized carbons (Fsp3) is 0.786. The fourth-order valence-electron chi connectivity index (χ4n) is 2.99. The zero-order valence-electron chi connectivity index (χ0n) is 11.3. The van der Waals surface area contributed by atoms with E-state index in [-0.39, 0.29) is 0 Å². The third kappa shape index (κ3) is 3.09. The van der Waals surface area contributed by atoms with Crippen molar-refractivity contribution >= 4 is 0 Å². The minimum Gasteiger partial charge on any atom is -0.306 e. The van der Waals surface area contributed by atoms with Crippen molar-refractivity contribution in [2.45, 2.75) is 58.0 Å². The van der Waals surface area contributed by atoms with Crippen LogP contribution in [0.4, 0.5) is 0 Å². The minimum atomic E-state index is 0.408. The highest BCUT2D eigenvalue weighted by molar-refractivity contribution is 5.05. The van der Waals surface area contributed by atoms with Gasteiger partial charge in [-0.15, -0.1) is 0 Å². The number of aryl methyl sites for hydroxylation is 1. The van der Waals surface area contributed by atoms with Gasteiger partial charge in [0.2, 0.25) is 0 Å². The molecule has 1 N–H and O–H groups in total. The quantitative estimate of drug-likeness (QED) is 0.869. The van der Waals surface area contributed by atoms with Crippen molar-refractivity contribution in [3.05, 3.63) is 18.0 Å². The molecule has 1 aromatic heterocycles. The second kappa shape index (κ2) is 5.67. The lowest BCUT2D eigenvalue weighted by Crippen LogP contribution is -2.35. The standard InChI is InChI=1S/C14H25N3/c1-4-12-5-7-13(8-6-12)16-11(2)14-9-10-15-17(14)3/h9-13,16H,4-8H2,1-3H3. The van der Waals surface area contributed by atoms with Gasteiger partial charge >= 0.3 is 0 Å². The molecule has 1 heterocycles. The van der Waals surface area contributed by atoms with Crippen molar-refractivity contribution in [1.29, 1.82) is 0 Å². The molecule has 1 aliphatic carbocycles. The van der Waals surface area contributed by atoms with Crippen LogP contribution in [0.3, 0.4) is 0 Å². The van der Waals surface area contributed by atoms with E-state index in [0.717, 1.165) is 5.92 Å². The van der Waals surface area contributed by atoms with Crippen molar-refractivity contribution in [3.8, 4) is 0 Å². The molecule has 0 bridgehead atoms. The van der Waals surface area contributed by atoms with E-state index >= 15 is 0 Å². The van der Waals surface area contributed by atoms with E-state index in [9.17, 15) is 0 Å². The zero-order chi connectivity index (χ0) is 12.3. The van der Waals surface area contributed by atoms with E-state index < -0.39 is 0 Å². The summed E-state index contributed by atoms with van der Waals surface area (Å²) in [6.07, 6.45) is 8.69. The molecule has 1 unspecified atom stereocenters. The highest BCUT2D eigenvalue weighted by atomic mass is 15.3. The second-order valence-corrected chi connectivity index (χ2v) is 5.39. The minimum absolute atomic E-state index is 0.408. The van der Waals surface area contributed by atoms with Gasteiger partial charge in [-0.05, 0) is 44.6 Å². The van der Waals surface area contributed by atoms with Gasteiger partial charge in [0.05, 0.1) is 5.69 Å². The second-order valence-electron chi connectivity index (χ2n) is 5.39. The Morgan fingerprint density at radius 2 is 2.12 bits per heavy atom. The SMILES string of the molecule is CCC1CCC(NC(C)c2ccnn2C)CC1. The van der Waals surface area contributed by atoms with Crippen LogP contribution in [0.15, 0.2) is 12.3 Å². The van der Waals surface area contributed by atoms with Gasteiger partial charge in [0.1, 0.15) is 0 Å². The van der Waals surface area contributed by atoms with Gasteiger partial charge < -0.3 is 5.32 Å². The predicted octanol–water partition coefficient (Wildman–Crippen LogP) is 3.04. The first-order chi connectivity index (χ1) is 8.20. The Labute approximate surface area is 105 Å². The first-order valence-corrected chi connectivity index (χ1v) is 6.94. The summed E-state index contributed by atoms with van der Waals surface area (Å²) in [5.41, 5.74) is 1.28. The largest absolute Gasteiger partial charge is 0.306 e. The normalized spacial score (nSPS) is 27.0. The topological polar surface area (TPSA) is 29.9 Å². The molecule has 1 fully saturated rings. The van der Waals surface area contributed by atoms with Crippen molar-refractivity contribution in [2.24, 2.45) is 13.0 Å². The Hall–Kier alpha value is -0.830. The van der Waals surface area contributed by atoms with Gasteiger partial charge in [0, 0.05) is 25.3 Å². The molecular formula is C14H25N3. The number of hydrogen-bond donors (Lipinski definition) is 1. The number of aromatic nitrogens is 2. The molecule has 1 atom stereocenters. The summed E-state index contributed by atoms with van der Waals surface area (Å²) in [6.45, 7) is 4.56. The molecule has 0 aromatic carbocycles. The lowest BCUT2D eigenvalue weighted by atomic mass is 9.84. The third-order valence-electron chi connectivity index (χ3n) is 4.21. The van der Waals surface area contributed by atoms with Crippen LogP contribution in [0.25, 0.3) is 0 Å². The van der Waals surface area contributed by atoms with Crippen LogP contribution >= 0.6 is 0 Å². The van der Waals surface area contributed by atoms with Crippen molar-refractivity contribution in [3.63, 3.8) is 0 Å². The van der Waals surface area contributed by atoms with Crippen molar-refractivity contribution in [1.82, 2.24) is 15.1 Å². The van der Waals surface area contributed by atoms with E-state index in [1.54, 1.807) is 0 Å². The van der Waals surface area contributed by atoms with Crippen LogP contribution in [0, 0.1) is 5.92 Å². The molecule has 1 saturated carbocycles. The Kier molecular flexibility index (Phi) is 4.21. The summed E-state index contributed by atoms with van der Waals surface area (Å²) >= 11 is 0. The molecule has 1 aliphatic rings. The van der Waals surface area contributed by atoms with E-state index in [4.69, 9.17) is 0 Å². The number of rotatable bonds is 4. The number of nitrogens with zero attached hydrogens (tertiary/aromatic N) is 2. The van der Waals surface area contributed by atoms with Crippen LogP contribution in [0.2, 0.25) is 0 Å². The summed E-state index contributed by atoms with van der Waals surface area (Å²) in [6, 6.07) is 3.21. The van der Waals surface area contributed by atoms with Gasteiger partial charge in [-0.1, -0.05) is 13.3 Å². The van der Waals surface area contributed by atoms with Gasteiger partial charge in [-0.2, -0.15) is 5.10 Å². The van der Waals surface area contributed by atoms with Gasteiger partial charge in [-0.25, -0.2) is 0 Å². The first kappa shape index (κ1) is 12.6. The Morgan fingerprint density at radius 1 is 1.41 bits per heavy atom. The van der Waals surface area contributed by atoms with E-state index in [1.165, 1.54) is 37.8 Å². The van der Waals surface area contributed by atoms with Gasteiger partial charge in [-0.3, -0.25) is 4.68 Å². The lowest BCUT2D eigenvalue weighted by molar-refractivity contribution is 0.271. The zero-order valence-corrected chi connectivity index (χ0v) is 11.3. The smallest absolute Gasteiger partial charge is 0.0547 e. The van der Waals surface area contributed by atoms with Crippen LogP contribution in [0.5, 0.6) is 0 Å². The molecular weight excluding hydrogens is 210 g/mol. The maximum absolute atomic E-state index is 4.23. The molecule has 0 amide bonds. The van der Waals surface area contributed by atoms with Crippen molar-refractivity contribution in [2.75, 3.05) is 0 Å². The molecule has 2 rings (SSSR count). The summed E-state index contributed by atoms with van der Waals surface area (Å²) in [5.74, 6) is 0.972. The molecule has 0 radical (unpaired) electrons. The molecule has 1 aromatic rings. The average molecular weight is 235 g/mol. The van der Waals surface area contributed by atoms with E-state index in [1.807, 2.05) is 17.9 Å². The van der Waals surface area contributed by atoms with Crippen molar-refractivity contribution < 1.29 is 0 Å². The van der Waals surface area contributed by atoms with E-state index in [2.05, 4.69) is 30.3 Å². The molecule has 0 aliphatic heterocycles. The third-order valence-corrected chi connectivity index (χ3v) is 4.21. The summed E-state index contributed by atoms with van der Waals surface area (Å²) in [7, 11) is 2.02.